The van der Waals surface area contributed by atoms with E-state index in [0.29, 0.717) is 12.1 Å². The topological polar surface area (TPSA) is 107 Å². The van der Waals surface area contributed by atoms with Crippen LogP contribution in [-0.4, -0.2) is 69.6 Å². The number of carbonyl (C=O) groups excluding carboxylic acids is 3. The van der Waals surface area contributed by atoms with Gasteiger partial charge in [-0.1, -0.05) is 84.9 Å². The molecule has 2 atom stereocenters. The Morgan fingerprint density at radius 3 is 2.26 bits per heavy atom. The van der Waals surface area contributed by atoms with E-state index < -0.39 is 41.6 Å². The molecular weight excluding hydrogens is 594 g/mol. The molecule has 2 aliphatic heterocycles. The lowest BCUT2D eigenvalue weighted by molar-refractivity contribution is -0.153. The van der Waals surface area contributed by atoms with Crippen LogP contribution in [0.25, 0.3) is 10.8 Å². The van der Waals surface area contributed by atoms with Crippen LogP contribution in [-0.2, 0) is 44.9 Å². The fourth-order valence-electron chi connectivity index (χ4n) is 6.60. The first-order valence-electron chi connectivity index (χ1n) is 15.9. The van der Waals surface area contributed by atoms with Gasteiger partial charge in [0.15, 0.2) is 0 Å². The van der Waals surface area contributed by atoms with Crippen LogP contribution in [0, 0.1) is 0 Å². The SMILES string of the molecule is CC(C)(C)OC(=O)N1c2ccccc2C[C@@H]1C(=O)N(CCc1ccccc1)CC(=O)N1Cc2c(ccc3ccccc23)C[C@@H]1C(=O)O. The number of aliphatic carboxylic acids is 1. The van der Waals surface area contributed by atoms with Gasteiger partial charge in [-0.15, -0.1) is 0 Å². The number of carbonyl (C=O) groups is 4. The summed E-state index contributed by atoms with van der Waals surface area (Å²) in [7, 11) is 0. The molecule has 2 heterocycles. The third kappa shape index (κ3) is 6.70. The van der Waals surface area contributed by atoms with Crippen molar-refractivity contribution in [1.29, 1.82) is 0 Å². The Labute approximate surface area is 274 Å². The minimum atomic E-state index is -1.10. The Hall–Kier alpha value is -5.18. The van der Waals surface area contributed by atoms with Crippen molar-refractivity contribution < 1.29 is 29.0 Å². The fraction of sp³-hybridized carbons (Fsp3) is 0.316. The second-order valence-corrected chi connectivity index (χ2v) is 13.2. The van der Waals surface area contributed by atoms with Crippen molar-refractivity contribution in [2.75, 3.05) is 18.0 Å². The van der Waals surface area contributed by atoms with Crippen LogP contribution in [0.1, 0.15) is 43.0 Å². The molecule has 0 aromatic heterocycles. The second kappa shape index (κ2) is 12.9. The standard InChI is InChI=1S/C38H39N3O6/c1-38(2,3)47-37(46)41-31-16-10-8-14-28(31)22-32(41)35(43)39(20-19-25-11-5-4-6-12-25)24-34(42)40-23-30-27(21-33(40)36(44)45)18-17-26-13-7-9-15-29(26)30/h4-18,32-33H,19-24H2,1-3H3,(H,44,45)/t32-,33-/m1/s1. The maximum Gasteiger partial charge on any atom is 0.415 e. The highest BCUT2D eigenvalue weighted by Crippen LogP contribution is 2.35. The normalized spacial score (nSPS) is 17.2. The van der Waals surface area contributed by atoms with E-state index in [4.69, 9.17) is 4.74 Å². The molecule has 0 aliphatic carbocycles. The summed E-state index contributed by atoms with van der Waals surface area (Å²) in [5.41, 5.74) is 3.44. The molecule has 4 aromatic carbocycles. The van der Waals surface area contributed by atoms with E-state index in [9.17, 15) is 24.3 Å². The van der Waals surface area contributed by atoms with Gasteiger partial charge in [-0.05, 0) is 66.3 Å². The minimum Gasteiger partial charge on any atom is -0.480 e. The van der Waals surface area contributed by atoms with Crippen molar-refractivity contribution in [3.05, 3.63) is 113 Å². The summed E-state index contributed by atoms with van der Waals surface area (Å²) in [4.78, 5) is 59.0. The summed E-state index contributed by atoms with van der Waals surface area (Å²) in [6.07, 6.45) is 0.275. The number of rotatable bonds is 7. The predicted molar refractivity (Wildman–Crippen MR) is 179 cm³/mol. The van der Waals surface area contributed by atoms with E-state index in [1.165, 1.54) is 14.7 Å². The van der Waals surface area contributed by atoms with Crippen molar-refractivity contribution in [2.45, 2.75) is 64.3 Å². The Bertz CT molecular complexity index is 1830. The molecule has 0 saturated heterocycles. The highest BCUT2D eigenvalue weighted by molar-refractivity contribution is 6.01. The van der Waals surface area contributed by atoms with Crippen molar-refractivity contribution >= 4 is 40.3 Å². The zero-order valence-corrected chi connectivity index (χ0v) is 26.9. The number of para-hydroxylation sites is 1. The van der Waals surface area contributed by atoms with Gasteiger partial charge in [-0.3, -0.25) is 14.5 Å². The van der Waals surface area contributed by atoms with Gasteiger partial charge in [-0.2, -0.15) is 0 Å². The first-order chi connectivity index (χ1) is 22.5. The van der Waals surface area contributed by atoms with Crippen molar-refractivity contribution in [3.63, 3.8) is 0 Å². The van der Waals surface area contributed by atoms with Crippen LogP contribution in [0.3, 0.4) is 0 Å². The average molecular weight is 634 g/mol. The summed E-state index contributed by atoms with van der Waals surface area (Å²) in [6, 6.07) is 26.8. The van der Waals surface area contributed by atoms with Crippen LogP contribution in [0.5, 0.6) is 0 Å². The monoisotopic (exact) mass is 633 g/mol. The predicted octanol–water partition coefficient (Wildman–Crippen LogP) is 5.62. The molecule has 1 N–H and O–H groups in total. The number of nitrogens with zero attached hydrogens (tertiary/aromatic N) is 3. The molecule has 0 radical (unpaired) electrons. The summed E-state index contributed by atoms with van der Waals surface area (Å²) in [6.45, 7) is 5.31. The number of fused-ring (bicyclic) bond motifs is 4. The van der Waals surface area contributed by atoms with Gasteiger partial charge in [0, 0.05) is 25.9 Å². The number of carboxylic acids is 1. The number of anilines is 1. The summed E-state index contributed by atoms with van der Waals surface area (Å²) in [5.74, 6) is -1.95. The average Bonchev–Trinajstić information content (AvgIpc) is 3.45. The lowest BCUT2D eigenvalue weighted by Crippen LogP contribution is -2.55. The van der Waals surface area contributed by atoms with Gasteiger partial charge in [-0.25, -0.2) is 9.59 Å². The number of hydrogen-bond donors (Lipinski definition) is 1. The van der Waals surface area contributed by atoms with Gasteiger partial charge < -0.3 is 19.6 Å². The first-order valence-corrected chi connectivity index (χ1v) is 15.9. The molecule has 47 heavy (non-hydrogen) atoms. The quantitative estimate of drug-likeness (QED) is 0.283. The number of hydrogen-bond acceptors (Lipinski definition) is 5. The summed E-state index contributed by atoms with van der Waals surface area (Å²) >= 11 is 0. The van der Waals surface area contributed by atoms with Gasteiger partial charge >= 0.3 is 12.1 Å². The van der Waals surface area contributed by atoms with Crippen LogP contribution in [0.15, 0.2) is 91.0 Å². The summed E-state index contributed by atoms with van der Waals surface area (Å²) in [5, 5.41) is 12.2. The lowest BCUT2D eigenvalue weighted by atomic mass is 9.90. The highest BCUT2D eigenvalue weighted by Gasteiger charge is 2.43. The number of carboxylic acid groups (broad SMARTS) is 1. The fourth-order valence-corrected chi connectivity index (χ4v) is 6.60. The Morgan fingerprint density at radius 2 is 1.51 bits per heavy atom. The maximum atomic E-state index is 14.5. The van der Waals surface area contributed by atoms with Crippen LogP contribution < -0.4 is 4.90 Å². The molecule has 6 rings (SSSR count). The smallest absolute Gasteiger partial charge is 0.415 e. The van der Waals surface area contributed by atoms with Gasteiger partial charge in [0.2, 0.25) is 11.8 Å². The van der Waals surface area contributed by atoms with E-state index in [0.717, 1.165) is 33.0 Å². The zero-order valence-electron chi connectivity index (χ0n) is 26.9. The van der Waals surface area contributed by atoms with Gasteiger partial charge in [0.25, 0.3) is 0 Å². The van der Waals surface area contributed by atoms with Crippen molar-refractivity contribution in [2.24, 2.45) is 0 Å². The van der Waals surface area contributed by atoms with Crippen LogP contribution in [0.2, 0.25) is 0 Å². The number of benzene rings is 4. The molecule has 4 aromatic rings. The van der Waals surface area contributed by atoms with E-state index >= 15 is 0 Å². The molecule has 9 heteroatoms. The van der Waals surface area contributed by atoms with Gasteiger partial charge in [0.1, 0.15) is 17.7 Å². The van der Waals surface area contributed by atoms with Gasteiger partial charge in [0.05, 0.1) is 12.2 Å². The molecule has 0 fully saturated rings. The number of amides is 3. The van der Waals surface area contributed by atoms with Crippen molar-refractivity contribution in [1.82, 2.24) is 9.80 Å². The van der Waals surface area contributed by atoms with Crippen LogP contribution in [0.4, 0.5) is 10.5 Å². The molecule has 0 bridgehead atoms. The molecule has 0 spiro atoms. The molecule has 242 valence electrons. The van der Waals surface area contributed by atoms with E-state index in [1.807, 2.05) is 84.9 Å². The molecule has 2 aliphatic rings. The largest absolute Gasteiger partial charge is 0.480 e. The minimum absolute atomic E-state index is 0.117. The Kier molecular flexibility index (Phi) is 8.73. The molecular formula is C38H39N3O6. The molecule has 9 nitrogen and oxygen atoms in total. The molecule has 0 saturated carbocycles. The third-order valence-corrected chi connectivity index (χ3v) is 8.86. The van der Waals surface area contributed by atoms with E-state index in [-0.39, 0.29) is 32.5 Å². The van der Waals surface area contributed by atoms with E-state index in [1.54, 1.807) is 26.8 Å². The lowest BCUT2D eigenvalue weighted by Gasteiger charge is -2.37. The summed E-state index contributed by atoms with van der Waals surface area (Å²) < 4.78 is 5.73. The molecule has 0 unspecified atom stereocenters. The Morgan fingerprint density at radius 1 is 0.830 bits per heavy atom. The highest BCUT2D eigenvalue weighted by atomic mass is 16.6. The number of ether oxygens (including phenoxy) is 1. The van der Waals surface area contributed by atoms with E-state index in [2.05, 4.69) is 0 Å². The van der Waals surface area contributed by atoms with Crippen molar-refractivity contribution in [3.8, 4) is 0 Å². The second-order valence-electron chi connectivity index (χ2n) is 13.2. The third-order valence-electron chi connectivity index (χ3n) is 8.86. The van der Waals surface area contributed by atoms with Crippen LogP contribution >= 0.6 is 0 Å². The zero-order chi connectivity index (χ0) is 33.3. The molecule has 3 amide bonds. The maximum absolute atomic E-state index is 14.5. The first kappa shape index (κ1) is 31.8. The Balaban J connectivity index is 1.32.